The van der Waals surface area contributed by atoms with Crippen molar-refractivity contribution in [2.75, 3.05) is 0 Å². The Morgan fingerprint density at radius 1 is 0.821 bits per heavy atom. The summed E-state index contributed by atoms with van der Waals surface area (Å²) in [5.74, 6) is 0.0145. The predicted octanol–water partition coefficient (Wildman–Crippen LogP) is 5.72. The predicted molar refractivity (Wildman–Crippen MR) is 119 cm³/mol. The van der Waals surface area contributed by atoms with E-state index in [-0.39, 0.29) is 11.8 Å². The Morgan fingerprint density at radius 2 is 1.29 bits per heavy atom. The Bertz CT molecular complexity index is 532. The molecule has 0 bridgehead atoms. The van der Waals surface area contributed by atoms with E-state index in [1.54, 1.807) is 0 Å². The lowest BCUT2D eigenvalue weighted by Crippen LogP contribution is -2.45. The second-order valence-corrected chi connectivity index (χ2v) is 8.41. The first-order valence-corrected chi connectivity index (χ1v) is 10.7. The maximum Gasteiger partial charge on any atom is 0.226 e. The molecule has 0 aliphatic rings. The number of rotatable bonds is 13. The maximum atomic E-state index is 12.2. The minimum atomic E-state index is -0.972. The van der Waals surface area contributed by atoms with Crippen LogP contribution in [0.2, 0.25) is 0 Å². The van der Waals surface area contributed by atoms with Gasteiger partial charge in [-0.3, -0.25) is 9.69 Å². The van der Waals surface area contributed by atoms with E-state index < -0.39 is 12.5 Å². The Morgan fingerprint density at radius 3 is 1.75 bits per heavy atom. The third kappa shape index (κ3) is 12.9. The quantitative estimate of drug-likeness (QED) is 0.311. The largest absolute Gasteiger partial charge is 0.374 e. The summed E-state index contributed by atoms with van der Waals surface area (Å²) in [7, 11) is 0. The molecular weight excluding hydrogens is 350 g/mol. The van der Waals surface area contributed by atoms with Crippen LogP contribution in [0.5, 0.6) is 0 Å². The van der Waals surface area contributed by atoms with Crippen molar-refractivity contribution >= 4 is 5.91 Å². The Balaban J connectivity index is 4.23. The van der Waals surface area contributed by atoms with Crippen LogP contribution < -0.4 is 0 Å². The number of aliphatic hydroxyl groups excluding tert-OH is 2. The van der Waals surface area contributed by atoms with Gasteiger partial charge in [0.15, 0.2) is 0 Å². The van der Waals surface area contributed by atoms with Crippen molar-refractivity contribution < 1.29 is 15.0 Å². The van der Waals surface area contributed by atoms with Gasteiger partial charge in [-0.15, -0.1) is 0 Å². The van der Waals surface area contributed by atoms with Gasteiger partial charge in [0.05, 0.1) is 0 Å². The highest BCUT2D eigenvalue weighted by Crippen LogP contribution is 2.17. The molecule has 162 valence electrons. The molecule has 0 radical (unpaired) electrons. The van der Waals surface area contributed by atoms with Gasteiger partial charge in [-0.1, -0.05) is 41.9 Å². The van der Waals surface area contributed by atoms with Crippen molar-refractivity contribution in [1.82, 2.24) is 4.90 Å². The van der Waals surface area contributed by atoms with Crippen LogP contribution in [0.15, 0.2) is 34.9 Å². The summed E-state index contributed by atoms with van der Waals surface area (Å²) < 4.78 is 0. The van der Waals surface area contributed by atoms with Gasteiger partial charge in [0.2, 0.25) is 5.91 Å². The van der Waals surface area contributed by atoms with Crippen LogP contribution in [0, 0.1) is 5.92 Å². The van der Waals surface area contributed by atoms with Gasteiger partial charge in [-0.2, -0.15) is 0 Å². The first kappa shape index (κ1) is 26.6. The van der Waals surface area contributed by atoms with Crippen molar-refractivity contribution in [1.29, 1.82) is 0 Å². The minimum absolute atomic E-state index is 0.202. The van der Waals surface area contributed by atoms with Crippen molar-refractivity contribution in [3.63, 3.8) is 0 Å². The molecule has 4 nitrogen and oxygen atoms in total. The molecular formula is C24H43NO3. The van der Waals surface area contributed by atoms with Gasteiger partial charge in [-0.25, -0.2) is 0 Å². The molecule has 3 atom stereocenters. The van der Waals surface area contributed by atoms with Gasteiger partial charge < -0.3 is 10.2 Å². The molecule has 0 heterocycles. The van der Waals surface area contributed by atoms with Crippen LogP contribution in [0.4, 0.5) is 0 Å². The third-order valence-electron chi connectivity index (χ3n) is 4.89. The molecule has 0 spiro atoms. The number of hydrogen-bond donors (Lipinski definition) is 2. The fraction of sp³-hybridized carbons (Fsp3) is 0.708. The van der Waals surface area contributed by atoms with E-state index in [0.29, 0.717) is 6.42 Å². The highest BCUT2D eigenvalue weighted by atomic mass is 16.3. The molecule has 3 unspecified atom stereocenters. The van der Waals surface area contributed by atoms with Gasteiger partial charge >= 0.3 is 0 Å². The molecule has 0 aliphatic heterocycles. The van der Waals surface area contributed by atoms with E-state index in [4.69, 9.17) is 0 Å². The van der Waals surface area contributed by atoms with Crippen LogP contribution in [0.3, 0.4) is 0 Å². The van der Waals surface area contributed by atoms with Gasteiger partial charge in [0.1, 0.15) is 12.5 Å². The molecule has 0 aromatic rings. The average molecular weight is 394 g/mol. The molecule has 4 heteroatoms. The topological polar surface area (TPSA) is 60.8 Å². The number of amides is 1. The van der Waals surface area contributed by atoms with Crippen molar-refractivity contribution in [3.8, 4) is 0 Å². The highest BCUT2D eigenvalue weighted by Gasteiger charge is 2.23. The minimum Gasteiger partial charge on any atom is -0.374 e. The Hall–Kier alpha value is -1.39. The lowest BCUT2D eigenvalue weighted by molar-refractivity contribution is -0.157. The SMILES string of the molecule is CC(C)=CCCC(C)=CCCC(C)=CCCC(C)CC(=O)N(C(C)O)C(C)O. The van der Waals surface area contributed by atoms with E-state index in [2.05, 4.69) is 45.9 Å². The molecule has 2 N–H and O–H groups in total. The van der Waals surface area contributed by atoms with Crippen LogP contribution in [-0.4, -0.2) is 33.5 Å². The second kappa shape index (κ2) is 14.6. The number of carbonyl (C=O) groups excluding carboxylic acids is 1. The Kier molecular flexibility index (Phi) is 13.9. The highest BCUT2D eigenvalue weighted by molar-refractivity contribution is 5.76. The first-order chi connectivity index (χ1) is 13.0. The number of hydrogen-bond acceptors (Lipinski definition) is 3. The molecule has 0 saturated carbocycles. The standard InChI is InChI=1S/C24H43NO3/c1-18(2)11-8-12-19(3)13-9-14-20(4)15-10-16-21(5)17-24(28)25(22(6)26)23(7)27/h11,13,15,21-23,26-27H,8-10,12,14,16-17H2,1-7H3. The van der Waals surface area contributed by atoms with Crippen molar-refractivity contribution in [3.05, 3.63) is 34.9 Å². The zero-order valence-corrected chi connectivity index (χ0v) is 19.2. The first-order valence-electron chi connectivity index (χ1n) is 10.7. The lowest BCUT2D eigenvalue weighted by Gasteiger charge is -2.29. The van der Waals surface area contributed by atoms with Crippen LogP contribution in [-0.2, 0) is 4.79 Å². The number of carbonyl (C=O) groups is 1. The monoisotopic (exact) mass is 393 g/mol. The summed E-state index contributed by atoms with van der Waals surface area (Å²) in [6.45, 7) is 13.7. The Labute approximate surface area is 173 Å². The zero-order chi connectivity index (χ0) is 21.7. The number of nitrogens with zero attached hydrogens (tertiary/aromatic N) is 1. The molecule has 0 saturated heterocycles. The smallest absolute Gasteiger partial charge is 0.226 e. The maximum absolute atomic E-state index is 12.2. The van der Waals surface area contributed by atoms with Crippen LogP contribution in [0.25, 0.3) is 0 Å². The fourth-order valence-electron chi connectivity index (χ4n) is 3.19. The van der Waals surface area contributed by atoms with Crippen LogP contribution in [0.1, 0.15) is 93.4 Å². The molecule has 0 fully saturated rings. The molecule has 0 aromatic carbocycles. The van der Waals surface area contributed by atoms with E-state index >= 15 is 0 Å². The molecule has 0 aliphatic carbocycles. The lowest BCUT2D eigenvalue weighted by atomic mass is 9.99. The van der Waals surface area contributed by atoms with E-state index in [0.717, 1.165) is 43.4 Å². The van der Waals surface area contributed by atoms with Crippen LogP contribution >= 0.6 is 0 Å². The average Bonchev–Trinajstić information content (AvgIpc) is 2.53. The molecule has 28 heavy (non-hydrogen) atoms. The molecule has 0 aromatic heterocycles. The van der Waals surface area contributed by atoms with E-state index in [1.807, 2.05) is 6.92 Å². The number of aliphatic hydroxyl groups is 2. The normalized spacial score (nSPS) is 15.8. The zero-order valence-electron chi connectivity index (χ0n) is 19.2. The van der Waals surface area contributed by atoms with Gasteiger partial charge in [0.25, 0.3) is 0 Å². The molecule has 1 amide bonds. The summed E-state index contributed by atoms with van der Waals surface area (Å²) in [4.78, 5) is 13.4. The van der Waals surface area contributed by atoms with E-state index in [1.165, 1.54) is 30.6 Å². The second-order valence-electron chi connectivity index (χ2n) is 8.41. The number of allylic oxidation sites excluding steroid dienone is 6. The summed E-state index contributed by atoms with van der Waals surface area (Å²) in [5, 5.41) is 19.3. The summed E-state index contributed by atoms with van der Waals surface area (Å²) in [5.41, 5.74) is 4.23. The summed E-state index contributed by atoms with van der Waals surface area (Å²) >= 11 is 0. The summed E-state index contributed by atoms with van der Waals surface area (Å²) in [6, 6.07) is 0. The summed E-state index contributed by atoms with van der Waals surface area (Å²) in [6.07, 6.45) is 11.6. The van der Waals surface area contributed by atoms with Crippen molar-refractivity contribution in [2.45, 2.75) is 106 Å². The fourth-order valence-corrected chi connectivity index (χ4v) is 3.19. The molecule has 0 rings (SSSR count). The van der Waals surface area contributed by atoms with Gasteiger partial charge in [-0.05, 0) is 86.0 Å². The van der Waals surface area contributed by atoms with Gasteiger partial charge in [0, 0.05) is 6.42 Å². The van der Waals surface area contributed by atoms with Crippen molar-refractivity contribution in [2.24, 2.45) is 5.92 Å². The third-order valence-corrected chi connectivity index (χ3v) is 4.89. The van der Waals surface area contributed by atoms with E-state index in [9.17, 15) is 15.0 Å².